The smallest absolute Gasteiger partial charge is 0.256 e. The van der Waals surface area contributed by atoms with Gasteiger partial charge in [-0.15, -0.1) is 0 Å². The van der Waals surface area contributed by atoms with E-state index in [0.29, 0.717) is 30.8 Å². The summed E-state index contributed by atoms with van der Waals surface area (Å²) < 4.78 is 18.2. The molecule has 2 heterocycles. The number of H-pyrrole nitrogens is 1. The first-order valence-corrected chi connectivity index (χ1v) is 9.78. The van der Waals surface area contributed by atoms with Crippen molar-refractivity contribution < 1.29 is 13.9 Å². The van der Waals surface area contributed by atoms with Crippen LogP contribution in [-0.4, -0.2) is 34.4 Å². The van der Waals surface area contributed by atoms with Crippen LogP contribution in [0, 0.1) is 5.82 Å². The summed E-state index contributed by atoms with van der Waals surface area (Å²) in [7, 11) is 1.60. The Kier molecular flexibility index (Phi) is 5.61. The number of nitrogens with one attached hydrogen (secondary N) is 1. The van der Waals surface area contributed by atoms with Gasteiger partial charge in [0.15, 0.2) is 0 Å². The van der Waals surface area contributed by atoms with Crippen molar-refractivity contribution in [2.75, 3.05) is 13.7 Å². The number of amides is 1. The Labute approximate surface area is 173 Å². The number of fused-ring (bicyclic) bond motifs is 1. The molecule has 154 valence electrons. The van der Waals surface area contributed by atoms with Gasteiger partial charge in [-0.3, -0.25) is 9.59 Å². The van der Waals surface area contributed by atoms with Crippen molar-refractivity contribution in [2.45, 2.75) is 25.8 Å². The molecule has 0 radical (unpaired) electrons. The Hall–Kier alpha value is -3.48. The molecule has 0 atom stereocenters. The summed E-state index contributed by atoms with van der Waals surface area (Å²) >= 11 is 0. The van der Waals surface area contributed by atoms with Crippen LogP contribution in [0.3, 0.4) is 0 Å². The number of ether oxygens (including phenoxy) is 1. The van der Waals surface area contributed by atoms with Gasteiger partial charge in [0.1, 0.15) is 17.4 Å². The van der Waals surface area contributed by atoms with E-state index in [2.05, 4.69) is 9.97 Å². The zero-order valence-corrected chi connectivity index (χ0v) is 16.7. The number of methoxy groups -OCH3 is 1. The number of benzene rings is 2. The van der Waals surface area contributed by atoms with Gasteiger partial charge in [0, 0.05) is 19.4 Å². The molecule has 0 aliphatic carbocycles. The third kappa shape index (κ3) is 4.40. The molecule has 30 heavy (non-hydrogen) atoms. The van der Waals surface area contributed by atoms with Crippen LogP contribution in [0.4, 0.5) is 4.39 Å². The summed E-state index contributed by atoms with van der Waals surface area (Å²) in [5, 5.41) is 0. The molecule has 0 saturated heterocycles. The maximum absolute atomic E-state index is 13.1. The third-order valence-electron chi connectivity index (χ3n) is 5.27. The average molecular weight is 407 g/mol. The highest BCUT2D eigenvalue weighted by molar-refractivity contribution is 5.79. The van der Waals surface area contributed by atoms with Crippen molar-refractivity contribution in [3.05, 3.63) is 92.9 Å². The first-order chi connectivity index (χ1) is 14.5. The Balaban J connectivity index is 1.46. The van der Waals surface area contributed by atoms with Gasteiger partial charge in [-0.05, 0) is 35.4 Å². The fourth-order valence-electron chi connectivity index (χ4n) is 3.60. The fraction of sp³-hybridized carbons (Fsp3) is 0.261. The second-order valence-electron chi connectivity index (χ2n) is 7.33. The number of hydrogen-bond acceptors (Lipinski definition) is 4. The number of nitrogens with zero attached hydrogens (tertiary/aromatic N) is 2. The standard InChI is InChI=1S/C23H22FN3O3/c1-30-18-8-4-16(5-9-18)13-22(28)27-11-10-20-19(14-27)23(29)26-21(25-20)12-15-2-6-17(24)7-3-15/h2-9H,10-14H2,1H3,(H,25,26,29). The van der Waals surface area contributed by atoms with Crippen LogP contribution in [0.15, 0.2) is 53.3 Å². The maximum Gasteiger partial charge on any atom is 0.256 e. The van der Waals surface area contributed by atoms with E-state index < -0.39 is 0 Å². The lowest BCUT2D eigenvalue weighted by atomic mass is 10.0. The lowest BCUT2D eigenvalue weighted by molar-refractivity contribution is -0.131. The van der Waals surface area contributed by atoms with Crippen molar-refractivity contribution in [1.82, 2.24) is 14.9 Å². The van der Waals surface area contributed by atoms with E-state index in [1.165, 1.54) is 12.1 Å². The number of hydrogen-bond donors (Lipinski definition) is 1. The Morgan fingerprint density at radius 1 is 1.13 bits per heavy atom. The molecule has 0 saturated carbocycles. The van der Waals surface area contributed by atoms with Crippen LogP contribution in [-0.2, 0) is 30.6 Å². The summed E-state index contributed by atoms with van der Waals surface area (Å²) in [6.07, 6.45) is 1.22. The summed E-state index contributed by atoms with van der Waals surface area (Å²) in [5.74, 6) is 0.959. The van der Waals surface area contributed by atoms with Crippen LogP contribution in [0.1, 0.15) is 28.2 Å². The molecule has 1 aromatic heterocycles. The molecule has 0 spiro atoms. The SMILES string of the molecule is COc1ccc(CC(=O)N2CCc3nc(Cc4ccc(F)cc4)[nH]c(=O)c3C2)cc1. The van der Waals surface area contributed by atoms with E-state index >= 15 is 0 Å². The molecule has 2 aromatic carbocycles. The molecule has 1 amide bonds. The highest BCUT2D eigenvalue weighted by atomic mass is 19.1. The predicted octanol–water partition coefficient (Wildman–Crippen LogP) is 2.64. The predicted molar refractivity (Wildman–Crippen MR) is 110 cm³/mol. The largest absolute Gasteiger partial charge is 0.497 e. The van der Waals surface area contributed by atoms with Crippen molar-refractivity contribution >= 4 is 5.91 Å². The minimum Gasteiger partial charge on any atom is -0.497 e. The fourth-order valence-corrected chi connectivity index (χ4v) is 3.60. The van der Waals surface area contributed by atoms with E-state index in [0.717, 1.165) is 22.6 Å². The summed E-state index contributed by atoms with van der Waals surface area (Å²) in [5.41, 5.74) is 2.80. The highest BCUT2D eigenvalue weighted by Crippen LogP contribution is 2.17. The van der Waals surface area contributed by atoms with Gasteiger partial charge in [-0.1, -0.05) is 24.3 Å². The lowest BCUT2D eigenvalue weighted by Gasteiger charge is -2.28. The monoisotopic (exact) mass is 407 g/mol. The maximum atomic E-state index is 13.1. The molecule has 1 aliphatic heterocycles. The van der Waals surface area contributed by atoms with Crippen LogP contribution in [0.25, 0.3) is 0 Å². The van der Waals surface area contributed by atoms with Crippen molar-refractivity contribution in [1.29, 1.82) is 0 Å². The average Bonchev–Trinajstić information content (AvgIpc) is 2.76. The number of rotatable bonds is 5. The van der Waals surface area contributed by atoms with Crippen molar-refractivity contribution in [3.8, 4) is 5.75 Å². The zero-order chi connectivity index (χ0) is 21.1. The van der Waals surface area contributed by atoms with E-state index in [4.69, 9.17) is 4.74 Å². The van der Waals surface area contributed by atoms with Crippen LogP contribution in [0.5, 0.6) is 5.75 Å². The Bertz CT molecular complexity index is 1110. The number of carbonyl (C=O) groups excluding carboxylic acids is 1. The number of aromatic nitrogens is 2. The van der Waals surface area contributed by atoms with E-state index in [1.54, 1.807) is 24.1 Å². The first-order valence-electron chi connectivity index (χ1n) is 9.78. The molecule has 0 fully saturated rings. The molecular weight excluding hydrogens is 385 g/mol. The third-order valence-corrected chi connectivity index (χ3v) is 5.27. The lowest BCUT2D eigenvalue weighted by Crippen LogP contribution is -2.40. The zero-order valence-electron chi connectivity index (χ0n) is 16.7. The van der Waals surface area contributed by atoms with Crippen molar-refractivity contribution in [3.63, 3.8) is 0 Å². The molecule has 0 bridgehead atoms. The molecule has 1 N–H and O–H groups in total. The molecule has 7 heteroatoms. The number of halogens is 1. The minimum atomic E-state index is -0.301. The van der Waals surface area contributed by atoms with E-state index in [1.807, 2.05) is 24.3 Å². The molecule has 3 aromatic rings. The molecule has 6 nitrogen and oxygen atoms in total. The van der Waals surface area contributed by atoms with Gasteiger partial charge in [-0.25, -0.2) is 9.37 Å². The van der Waals surface area contributed by atoms with Gasteiger partial charge >= 0.3 is 0 Å². The van der Waals surface area contributed by atoms with Gasteiger partial charge in [0.05, 0.1) is 31.3 Å². The number of aromatic amines is 1. The molecule has 1 aliphatic rings. The molecular formula is C23H22FN3O3. The summed E-state index contributed by atoms with van der Waals surface area (Å²) in [4.78, 5) is 34.4. The summed E-state index contributed by atoms with van der Waals surface area (Å²) in [6.45, 7) is 0.776. The highest BCUT2D eigenvalue weighted by Gasteiger charge is 2.24. The Morgan fingerprint density at radius 3 is 2.53 bits per heavy atom. The Morgan fingerprint density at radius 2 is 1.83 bits per heavy atom. The van der Waals surface area contributed by atoms with E-state index in [-0.39, 0.29) is 30.2 Å². The van der Waals surface area contributed by atoms with Gasteiger partial charge in [0.2, 0.25) is 5.91 Å². The second kappa shape index (κ2) is 8.49. The minimum absolute atomic E-state index is 0.0272. The normalized spacial score (nSPS) is 13.1. The topological polar surface area (TPSA) is 75.3 Å². The quantitative estimate of drug-likeness (QED) is 0.706. The van der Waals surface area contributed by atoms with Gasteiger partial charge in [0.25, 0.3) is 5.56 Å². The molecule has 4 rings (SSSR count). The first kappa shape index (κ1) is 19.8. The summed E-state index contributed by atoms with van der Waals surface area (Å²) in [6, 6.07) is 13.5. The van der Waals surface area contributed by atoms with Gasteiger partial charge < -0.3 is 14.6 Å². The van der Waals surface area contributed by atoms with E-state index in [9.17, 15) is 14.0 Å². The second-order valence-corrected chi connectivity index (χ2v) is 7.33. The van der Waals surface area contributed by atoms with Gasteiger partial charge in [-0.2, -0.15) is 0 Å². The molecule has 0 unspecified atom stereocenters. The number of carbonyl (C=O) groups is 1. The van der Waals surface area contributed by atoms with Crippen LogP contribution < -0.4 is 10.3 Å². The van der Waals surface area contributed by atoms with Crippen LogP contribution in [0.2, 0.25) is 0 Å². The van der Waals surface area contributed by atoms with Crippen LogP contribution >= 0.6 is 0 Å². The van der Waals surface area contributed by atoms with Crippen molar-refractivity contribution in [2.24, 2.45) is 0 Å².